The molecule has 0 aromatic heterocycles. The van der Waals surface area contributed by atoms with E-state index in [4.69, 9.17) is 14.6 Å². The zero-order valence-electron chi connectivity index (χ0n) is 12.0. The second kappa shape index (κ2) is 6.61. The van der Waals surface area contributed by atoms with Crippen LogP contribution >= 0.6 is 0 Å². The molecule has 0 atom stereocenters. The van der Waals surface area contributed by atoms with Gasteiger partial charge >= 0.3 is 0 Å². The van der Waals surface area contributed by atoms with Crippen molar-refractivity contribution in [2.45, 2.75) is 12.8 Å². The summed E-state index contributed by atoms with van der Waals surface area (Å²) in [5, 5.41) is 9.13. The average molecular weight is 279 g/mol. The number of nitrogens with zero attached hydrogens (tertiary/aromatic N) is 1. The normalized spacial score (nSPS) is 16.1. The number of aliphatic hydroxyl groups excluding tert-OH is 1. The molecule has 20 heavy (non-hydrogen) atoms. The van der Waals surface area contributed by atoms with Gasteiger partial charge in [-0.1, -0.05) is 0 Å². The Hall–Kier alpha value is -1.75. The molecule has 110 valence electrons. The number of aliphatic hydroxyl groups is 1. The van der Waals surface area contributed by atoms with Gasteiger partial charge in [-0.25, -0.2) is 0 Å². The lowest BCUT2D eigenvalue weighted by atomic mass is 9.97. The summed E-state index contributed by atoms with van der Waals surface area (Å²) >= 11 is 0. The molecule has 0 spiro atoms. The predicted molar refractivity (Wildman–Crippen MR) is 75.3 cm³/mol. The van der Waals surface area contributed by atoms with Gasteiger partial charge in [0.25, 0.3) is 5.91 Å². The van der Waals surface area contributed by atoms with Crippen molar-refractivity contribution in [3.63, 3.8) is 0 Å². The maximum Gasteiger partial charge on any atom is 0.253 e. The molecule has 1 aromatic carbocycles. The number of amides is 1. The Kier molecular flexibility index (Phi) is 4.84. The number of likely N-dealkylation sites (tertiary alicyclic amines) is 1. The summed E-state index contributed by atoms with van der Waals surface area (Å²) in [6.45, 7) is 1.59. The zero-order chi connectivity index (χ0) is 14.5. The molecular formula is C15H21NO4. The fourth-order valence-electron chi connectivity index (χ4n) is 2.47. The van der Waals surface area contributed by atoms with Crippen LogP contribution in [-0.2, 0) is 0 Å². The van der Waals surface area contributed by atoms with E-state index in [1.807, 2.05) is 4.90 Å². The summed E-state index contributed by atoms with van der Waals surface area (Å²) < 4.78 is 10.4. The van der Waals surface area contributed by atoms with Crippen LogP contribution in [0.3, 0.4) is 0 Å². The number of carbonyl (C=O) groups excluding carboxylic acids is 1. The lowest BCUT2D eigenvalue weighted by Gasteiger charge is -2.31. The Morgan fingerprint density at radius 2 is 1.90 bits per heavy atom. The first-order valence-corrected chi connectivity index (χ1v) is 6.81. The Balaban J connectivity index is 2.09. The fraction of sp³-hybridized carbons (Fsp3) is 0.533. The number of piperidine rings is 1. The van der Waals surface area contributed by atoms with Gasteiger partial charge in [0, 0.05) is 25.3 Å². The smallest absolute Gasteiger partial charge is 0.253 e. The molecule has 1 heterocycles. The van der Waals surface area contributed by atoms with Gasteiger partial charge in [-0.15, -0.1) is 0 Å². The minimum absolute atomic E-state index is 0.00217. The number of methoxy groups -OCH3 is 2. The van der Waals surface area contributed by atoms with Crippen molar-refractivity contribution in [2.24, 2.45) is 5.92 Å². The van der Waals surface area contributed by atoms with E-state index in [9.17, 15) is 4.79 Å². The van der Waals surface area contributed by atoms with Crippen molar-refractivity contribution in [1.29, 1.82) is 0 Å². The number of benzene rings is 1. The summed E-state index contributed by atoms with van der Waals surface area (Å²) in [4.78, 5) is 14.3. The number of ether oxygens (including phenoxy) is 2. The van der Waals surface area contributed by atoms with E-state index in [0.29, 0.717) is 36.1 Å². The van der Waals surface area contributed by atoms with E-state index in [0.717, 1.165) is 12.8 Å². The Bertz CT molecular complexity index is 467. The minimum Gasteiger partial charge on any atom is -0.493 e. The van der Waals surface area contributed by atoms with Crippen LogP contribution in [0.2, 0.25) is 0 Å². The average Bonchev–Trinajstić information content (AvgIpc) is 2.53. The van der Waals surface area contributed by atoms with Crippen LogP contribution in [0.4, 0.5) is 0 Å². The molecule has 2 rings (SSSR count). The van der Waals surface area contributed by atoms with Gasteiger partial charge in [-0.3, -0.25) is 4.79 Å². The number of carbonyl (C=O) groups is 1. The molecule has 1 fully saturated rings. The van der Waals surface area contributed by atoms with Crippen LogP contribution in [0.1, 0.15) is 23.2 Å². The third kappa shape index (κ3) is 3.04. The van der Waals surface area contributed by atoms with Gasteiger partial charge in [0.2, 0.25) is 0 Å². The fourth-order valence-corrected chi connectivity index (χ4v) is 2.47. The SMILES string of the molecule is COc1ccc(C(=O)N2CCC(CO)CC2)cc1OC. The highest BCUT2D eigenvalue weighted by Crippen LogP contribution is 2.28. The number of hydrogen-bond donors (Lipinski definition) is 1. The molecule has 1 aliphatic rings. The summed E-state index contributed by atoms with van der Waals surface area (Å²) in [5.74, 6) is 1.50. The molecule has 1 N–H and O–H groups in total. The molecule has 5 nitrogen and oxygen atoms in total. The quantitative estimate of drug-likeness (QED) is 0.908. The van der Waals surface area contributed by atoms with Crippen molar-refractivity contribution in [3.8, 4) is 11.5 Å². The summed E-state index contributed by atoms with van der Waals surface area (Å²) in [5.41, 5.74) is 0.602. The number of rotatable bonds is 4. The molecule has 0 saturated carbocycles. The van der Waals surface area contributed by atoms with Crippen molar-refractivity contribution in [3.05, 3.63) is 23.8 Å². The van der Waals surface area contributed by atoms with Crippen molar-refractivity contribution >= 4 is 5.91 Å². The molecule has 1 aromatic rings. The largest absolute Gasteiger partial charge is 0.493 e. The molecule has 5 heteroatoms. The van der Waals surface area contributed by atoms with Crippen LogP contribution in [-0.4, -0.2) is 49.8 Å². The number of hydrogen-bond acceptors (Lipinski definition) is 4. The zero-order valence-corrected chi connectivity index (χ0v) is 12.0. The van der Waals surface area contributed by atoms with E-state index < -0.39 is 0 Å². The highest BCUT2D eigenvalue weighted by Gasteiger charge is 2.23. The van der Waals surface area contributed by atoms with Crippen LogP contribution in [0, 0.1) is 5.92 Å². The summed E-state index contributed by atoms with van der Waals surface area (Å²) in [6.07, 6.45) is 1.71. The van der Waals surface area contributed by atoms with Gasteiger partial charge in [-0.05, 0) is 37.0 Å². The molecule has 1 aliphatic heterocycles. The van der Waals surface area contributed by atoms with Crippen LogP contribution < -0.4 is 9.47 Å². The second-order valence-corrected chi connectivity index (χ2v) is 4.99. The monoisotopic (exact) mass is 279 g/mol. The topological polar surface area (TPSA) is 59.0 Å². The highest BCUT2D eigenvalue weighted by atomic mass is 16.5. The van der Waals surface area contributed by atoms with Gasteiger partial charge < -0.3 is 19.5 Å². The summed E-state index contributed by atoms with van der Waals surface area (Å²) in [7, 11) is 3.12. The lowest BCUT2D eigenvalue weighted by Crippen LogP contribution is -2.39. The van der Waals surface area contributed by atoms with E-state index in [1.165, 1.54) is 0 Å². The van der Waals surface area contributed by atoms with Crippen LogP contribution in [0.15, 0.2) is 18.2 Å². The first-order valence-electron chi connectivity index (χ1n) is 6.81. The van der Waals surface area contributed by atoms with E-state index in [-0.39, 0.29) is 12.5 Å². The Morgan fingerprint density at radius 1 is 1.25 bits per heavy atom. The standard InChI is InChI=1S/C15H21NO4/c1-19-13-4-3-12(9-14(13)20-2)15(18)16-7-5-11(10-17)6-8-16/h3-4,9,11,17H,5-8,10H2,1-2H3. The van der Waals surface area contributed by atoms with Crippen molar-refractivity contribution in [1.82, 2.24) is 4.90 Å². The van der Waals surface area contributed by atoms with Gasteiger partial charge in [0.15, 0.2) is 11.5 Å². The van der Waals surface area contributed by atoms with E-state index in [2.05, 4.69) is 0 Å². The first kappa shape index (κ1) is 14.7. The Labute approximate surface area is 119 Å². The van der Waals surface area contributed by atoms with Gasteiger partial charge in [0.05, 0.1) is 14.2 Å². The molecule has 0 unspecified atom stereocenters. The molecular weight excluding hydrogens is 258 g/mol. The third-order valence-electron chi connectivity index (χ3n) is 3.79. The van der Waals surface area contributed by atoms with E-state index >= 15 is 0 Å². The second-order valence-electron chi connectivity index (χ2n) is 4.99. The first-order chi connectivity index (χ1) is 9.69. The molecule has 1 saturated heterocycles. The van der Waals surface area contributed by atoms with Crippen molar-refractivity contribution in [2.75, 3.05) is 33.9 Å². The van der Waals surface area contributed by atoms with Crippen LogP contribution in [0.25, 0.3) is 0 Å². The van der Waals surface area contributed by atoms with Gasteiger partial charge in [0.1, 0.15) is 0 Å². The molecule has 1 amide bonds. The predicted octanol–water partition coefficient (Wildman–Crippen LogP) is 1.55. The van der Waals surface area contributed by atoms with E-state index in [1.54, 1.807) is 32.4 Å². The minimum atomic E-state index is 0.00217. The van der Waals surface area contributed by atoms with Gasteiger partial charge in [-0.2, -0.15) is 0 Å². The lowest BCUT2D eigenvalue weighted by molar-refractivity contribution is 0.0650. The maximum atomic E-state index is 12.4. The molecule has 0 radical (unpaired) electrons. The van der Waals surface area contributed by atoms with Crippen molar-refractivity contribution < 1.29 is 19.4 Å². The molecule has 0 bridgehead atoms. The maximum absolute atomic E-state index is 12.4. The summed E-state index contributed by atoms with van der Waals surface area (Å²) in [6, 6.07) is 5.20. The third-order valence-corrected chi connectivity index (χ3v) is 3.79. The molecule has 0 aliphatic carbocycles. The Morgan fingerprint density at radius 3 is 2.45 bits per heavy atom. The highest BCUT2D eigenvalue weighted by molar-refractivity contribution is 5.95. The van der Waals surface area contributed by atoms with Crippen LogP contribution in [0.5, 0.6) is 11.5 Å².